The van der Waals surface area contributed by atoms with Crippen molar-refractivity contribution in [1.29, 1.82) is 0 Å². The fraction of sp³-hybridized carbons (Fsp3) is 0.750. The zero-order valence-corrected chi connectivity index (χ0v) is 15.0. The lowest BCUT2D eigenvalue weighted by Gasteiger charge is -2.24. The minimum absolute atomic E-state index is 0.0213. The van der Waals surface area contributed by atoms with E-state index in [1.54, 1.807) is 20.8 Å². The molecule has 0 spiro atoms. The molecule has 0 saturated carbocycles. The predicted molar refractivity (Wildman–Crippen MR) is 90.9 cm³/mol. The van der Waals surface area contributed by atoms with Crippen LogP contribution >= 0.6 is 0 Å². The molecule has 0 heterocycles. The molecule has 9 nitrogen and oxygen atoms in total. The van der Waals surface area contributed by atoms with Gasteiger partial charge in [0, 0.05) is 6.42 Å². The number of aldehydes is 1. The fourth-order valence-electron chi connectivity index (χ4n) is 1.95. The number of carbonyl (C=O) groups is 4. The van der Waals surface area contributed by atoms with Crippen LogP contribution < -0.4 is 16.4 Å². The molecule has 5 N–H and O–H groups in total. The summed E-state index contributed by atoms with van der Waals surface area (Å²) >= 11 is 0. The number of alkyl carbamates (subject to hydrolysis) is 1. The molecule has 0 rings (SSSR count). The number of unbranched alkanes of at least 4 members (excludes halogenated alkanes) is 1. The Labute approximate surface area is 147 Å². The number of carboxylic acids is 1. The van der Waals surface area contributed by atoms with Crippen LogP contribution in [0, 0.1) is 0 Å². The van der Waals surface area contributed by atoms with E-state index < -0.39 is 35.7 Å². The quantitative estimate of drug-likeness (QED) is 0.311. The molecular weight excluding hydrogens is 330 g/mol. The van der Waals surface area contributed by atoms with Crippen molar-refractivity contribution in [2.24, 2.45) is 5.73 Å². The molecule has 0 radical (unpaired) electrons. The van der Waals surface area contributed by atoms with Crippen LogP contribution in [-0.4, -0.2) is 53.6 Å². The summed E-state index contributed by atoms with van der Waals surface area (Å²) in [6.45, 7) is 5.55. The molecule has 2 atom stereocenters. The smallest absolute Gasteiger partial charge is 0.408 e. The molecule has 0 aromatic carbocycles. The van der Waals surface area contributed by atoms with Crippen molar-refractivity contribution < 1.29 is 29.0 Å². The summed E-state index contributed by atoms with van der Waals surface area (Å²) in [4.78, 5) is 45.8. The Morgan fingerprint density at radius 2 is 1.80 bits per heavy atom. The minimum atomic E-state index is -1.06. The Morgan fingerprint density at radius 1 is 1.16 bits per heavy atom. The highest BCUT2D eigenvalue weighted by molar-refractivity contribution is 5.87. The van der Waals surface area contributed by atoms with Crippen molar-refractivity contribution in [3.63, 3.8) is 0 Å². The van der Waals surface area contributed by atoms with E-state index in [1.807, 2.05) is 0 Å². The fourth-order valence-corrected chi connectivity index (χ4v) is 1.95. The van der Waals surface area contributed by atoms with Crippen LogP contribution in [0.25, 0.3) is 0 Å². The lowest BCUT2D eigenvalue weighted by Crippen LogP contribution is -2.51. The van der Waals surface area contributed by atoms with Crippen molar-refractivity contribution in [3.05, 3.63) is 0 Å². The average molecular weight is 359 g/mol. The summed E-state index contributed by atoms with van der Waals surface area (Å²) in [5, 5.41) is 13.6. The van der Waals surface area contributed by atoms with Crippen LogP contribution in [0.3, 0.4) is 0 Å². The Balaban J connectivity index is 4.80. The number of hydrogen-bond acceptors (Lipinski definition) is 6. The molecule has 0 aliphatic rings. The van der Waals surface area contributed by atoms with Gasteiger partial charge in [-0.1, -0.05) is 0 Å². The normalized spacial score (nSPS) is 13.4. The summed E-state index contributed by atoms with van der Waals surface area (Å²) in [6.07, 6.45) is 1.07. The van der Waals surface area contributed by atoms with Gasteiger partial charge in [0.1, 0.15) is 17.9 Å². The molecule has 0 aliphatic carbocycles. The molecular formula is C16H29N3O6. The van der Waals surface area contributed by atoms with Crippen molar-refractivity contribution in [3.8, 4) is 0 Å². The Bertz CT molecular complexity index is 461. The number of aliphatic carboxylic acids is 1. The molecule has 25 heavy (non-hydrogen) atoms. The third kappa shape index (κ3) is 11.9. The molecule has 0 aromatic rings. The molecule has 0 saturated heterocycles. The second-order valence-electron chi connectivity index (χ2n) is 6.67. The maximum Gasteiger partial charge on any atom is 0.408 e. The van der Waals surface area contributed by atoms with E-state index in [0.717, 1.165) is 0 Å². The topological polar surface area (TPSA) is 148 Å². The SMILES string of the molecule is CC(C)(C)OC(=O)N[C@@H](CCCCN)C(=O)N[C@H](C=O)CCC(=O)O. The first-order valence-corrected chi connectivity index (χ1v) is 8.26. The van der Waals surface area contributed by atoms with E-state index in [4.69, 9.17) is 15.6 Å². The Hall–Kier alpha value is -2.16. The van der Waals surface area contributed by atoms with Crippen LogP contribution in [0.1, 0.15) is 52.9 Å². The van der Waals surface area contributed by atoms with E-state index in [-0.39, 0.29) is 12.8 Å². The van der Waals surface area contributed by atoms with Crippen LogP contribution in [-0.2, 0) is 19.1 Å². The molecule has 0 unspecified atom stereocenters. The first-order valence-electron chi connectivity index (χ1n) is 8.26. The maximum absolute atomic E-state index is 12.3. The number of nitrogens with one attached hydrogen (secondary N) is 2. The van der Waals surface area contributed by atoms with Gasteiger partial charge in [-0.25, -0.2) is 4.79 Å². The van der Waals surface area contributed by atoms with E-state index in [0.29, 0.717) is 32.1 Å². The Kier molecular flexibility index (Phi) is 10.4. The highest BCUT2D eigenvalue weighted by Gasteiger charge is 2.25. The van der Waals surface area contributed by atoms with Gasteiger partial charge < -0.3 is 31.0 Å². The van der Waals surface area contributed by atoms with Crippen molar-refractivity contribution in [2.75, 3.05) is 6.54 Å². The first-order chi connectivity index (χ1) is 11.6. The third-order valence-corrected chi connectivity index (χ3v) is 3.12. The van der Waals surface area contributed by atoms with Crippen molar-refractivity contribution in [1.82, 2.24) is 10.6 Å². The summed E-state index contributed by atoms with van der Waals surface area (Å²) in [5.41, 5.74) is 4.72. The molecule has 0 aromatic heterocycles. The summed E-state index contributed by atoms with van der Waals surface area (Å²) < 4.78 is 5.13. The monoisotopic (exact) mass is 359 g/mol. The second kappa shape index (κ2) is 11.4. The molecule has 0 bridgehead atoms. The lowest BCUT2D eigenvalue weighted by atomic mass is 10.1. The maximum atomic E-state index is 12.3. The van der Waals surface area contributed by atoms with Crippen LogP contribution in [0.4, 0.5) is 4.79 Å². The van der Waals surface area contributed by atoms with Crippen LogP contribution in [0.5, 0.6) is 0 Å². The third-order valence-electron chi connectivity index (χ3n) is 3.12. The van der Waals surface area contributed by atoms with Gasteiger partial charge >= 0.3 is 12.1 Å². The molecule has 9 heteroatoms. The van der Waals surface area contributed by atoms with Gasteiger partial charge in [-0.3, -0.25) is 9.59 Å². The minimum Gasteiger partial charge on any atom is -0.481 e. The largest absolute Gasteiger partial charge is 0.481 e. The van der Waals surface area contributed by atoms with E-state index in [1.165, 1.54) is 0 Å². The number of carbonyl (C=O) groups excluding carboxylic acids is 3. The summed E-state index contributed by atoms with van der Waals surface area (Å²) in [5.74, 6) is -1.63. The van der Waals surface area contributed by atoms with Gasteiger partial charge in [0.2, 0.25) is 5.91 Å². The van der Waals surface area contributed by atoms with Gasteiger partial charge in [0.25, 0.3) is 0 Å². The standard InChI is InChI=1S/C16H29N3O6/c1-16(2,3)25-15(24)19-12(6-4-5-9-17)14(23)18-11(10-20)7-8-13(21)22/h10-12H,4-9,17H2,1-3H3,(H,18,23)(H,19,24)(H,21,22)/t11-,12-/m0/s1. The van der Waals surface area contributed by atoms with Crippen molar-refractivity contribution >= 4 is 24.3 Å². The van der Waals surface area contributed by atoms with Gasteiger partial charge in [-0.05, 0) is 53.0 Å². The number of nitrogens with two attached hydrogens (primary N) is 1. The van der Waals surface area contributed by atoms with E-state index in [2.05, 4.69) is 10.6 Å². The zero-order valence-electron chi connectivity index (χ0n) is 15.0. The predicted octanol–water partition coefficient (Wildman–Crippen LogP) is 0.557. The van der Waals surface area contributed by atoms with Gasteiger partial charge in [0.15, 0.2) is 0 Å². The Morgan fingerprint density at radius 3 is 2.28 bits per heavy atom. The van der Waals surface area contributed by atoms with Crippen LogP contribution in [0.15, 0.2) is 0 Å². The van der Waals surface area contributed by atoms with Gasteiger partial charge in [-0.2, -0.15) is 0 Å². The lowest BCUT2D eigenvalue weighted by molar-refractivity contribution is -0.137. The van der Waals surface area contributed by atoms with Crippen molar-refractivity contribution in [2.45, 2.75) is 70.6 Å². The van der Waals surface area contributed by atoms with E-state index in [9.17, 15) is 19.2 Å². The highest BCUT2D eigenvalue weighted by atomic mass is 16.6. The molecule has 2 amide bonds. The number of amides is 2. The van der Waals surface area contributed by atoms with E-state index >= 15 is 0 Å². The summed E-state index contributed by atoms with van der Waals surface area (Å²) in [7, 11) is 0. The first kappa shape index (κ1) is 22.8. The zero-order chi connectivity index (χ0) is 19.5. The number of hydrogen-bond donors (Lipinski definition) is 4. The average Bonchev–Trinajstić information content (AvgIpc) is 2.48. The second-order valence-corrected chi connectivity index (χ2v) is 6.67. The van der Waals surface area contributed by atoms with Crippen LogP contribution in [0.2, 0.25) is 0 Å². The molecule has 0 fully saturated rings. The number of carboxylic acid groups (broad SMARTS) is 1. The van der Waals surface area contributed by atoms with Gasteiger partial charge in [-0.15, -0.1) is 0 Å². The van der Waals surface area contributed by atoms with Gasteiger partial charge in [0.05, 0.1) is 6.04 Å². The number of ether oxygens (including phenoxy) is 1. The summed E-state index contributed by atoms with van der Waals surface area (Å²) in [6, 6.07) is -1.82. The highest BCUT2D eigenvalue weighted by Crippen LogP contribution is 2.08. The molecule has 144 valence electrons. The molecule has 0 aliphatic heterocycles. The number of rotatable bonds is 11.